The summed E-state index contributed by atoms with van der Waals surface area (Å²) in [4.78, 5) is 35.6. The van der Waals surface area contributed by atoms with Crippen LogP contribution in [0.2, 0.25) is 10.0 Å². The Labute approximate surface area is 118 Å². The van der Waals surface area contributed by atoms with Crippen molar-refractivity contribution in [1.82, 2.24) is 10.2 Å². The number of barbiturate groups is 1. The van der Waals surface area contributed by atoms with Crippen LogP contribution in [-0.2, 0) is 9.59 Å². The number of halogens is 2. The van der Waals surface area contributed by atoms with Gasteiger partial charge < -0.3 is 0 Å². The molecule has 1 heterocycles. The van der Waals surface area contributed by atoms with Gasteiger partial charge in [0.2, 0.25) is 0 Å². The van der Waals surface area contributed by atoms with E-state index in [1.165, 1.54) is 13.1 Å². The van der Waals surface area contributed by atoms with Gasteiger partial charge in [0.1, 0.15) is 5.57 Å². The van der Waals surface area contributed by atoms with Gasteiger partial charge in [-0.15, -0.1) is 0 Å². The summed E-state index contributed by atoms with van der Waals surface area (Å²) in [7, 11) is 1.27. The first-order chi connectivity index (χ1) is 8.91. The Morgan fingerprint density at radius 2 is 1.74 bits per heavy atom. The maximum Gasteiger partial charge on any atom is 0.331 e. The highest BCUT2D eigenvalue weighted by Gasteiger charge is 2.33. The van der Waals surface area contributed by atoms with E-state index >= 15 is 0 Å². The highest BCUT2D eigenvalue weighted by molar-refractivity contribution is 6.38. The first-order valence-corrected chi connectivity index (χ1v) is 5.96. The molecule has 1 aromatic carbocycles. The third-order valence-electron chi connectivity index (χ3n) is 2.59. The highest BCUT2D eigenvalue weighted by atomic mass is 35.5. The molecular weight excluding hydrogens is 291 g/mol. The number of imide groups is 2. The molecule has 19 heavy (non-hydrogen) atoms. The van der Waals surface area contributed by atoms with Crippen LogP contribution in [0.3, 0.4) is 0 Å². The van der Waals surface area contributed by atoms with E-state index in [4.69, 9.17) is 23.2 Å². The second kappa shape index (κ2) is 5.03. The molecule has 7 heteroatoms. The monoisotopic (exact) mass is 298 g/mol. The first-order valence-electron chi connectivity index (χ1n) is 5.21. The van der Waals surface area contributed by atoms with Crippen LogP contribution < -0.4 is 5.32 Å². The smallest absolute Gasteiger partial charge is 0.273 e. The molecule has 1 fully saturated rings. The van der Waals surface area contributed by atoms with Gasteiger partial charge in [-0.3, -0.25) is 19.8 Å². The largest absolute Gasteiger partial charge is 0.331 e. The molecule has 1 saturated heterocycles. The van der Waals surface area contributed by atoms with Gasteiger partial charge in [0.05, 0.1) is 0 Å². The average Bonchev–Trinajstić information content (AvgIpc) is 2.35. The molecule has 4 amide bonds. The Morgan fingerprint density at radius 1 is 1.16 bits per heavy atom. The molecule has 1 aliphatic heterocycles. The number of hydrogen-bond acceptors (Lipinski definition) is 3. The van der Waals surface area contributed by atoms with Gasteiger partial charge in [-0.1, -0.05) is 29.3 Å². The lowest BCUT2D eigenvalue weighted by Crippen LogP contribution is -2.52. The predicted molar refractivity (Wildman–Crippen MR) is 70.7 cm³/mol. The maximum absolute atomic E-state index is 11.9. The fourth-order valence-corrected chi connectivity index (χ4v) is 2.05. The zero-order valence-electron chi connectivity index (χ0n) is 9.74. The number of hydrogen-bond donors (Lipinski definition) is 1. The molecule has 0 atom stereocenters. The van der Waals surface area contributed by atoms with Gasteiger partial charge in [0, 0.05) is 22.7 Å². The van der Waals surface area contributed by atoms with Crippen molar-refractivity contribution < 1.29 is 14.4 Å². The summed E-state index contributed by atoms with van der Waals surface area (Å²) in [5.41, 5.74) is 0.157. The summed E-state index contributed by atoms with van der Waals surface area (Å²) in [5, 5.41) is 2.65. The van der Waals surface area contributed by atoms with Crippen LogP contribution in [0.5, 0.6) is 0 Å². The topological polar surface area (TPSA) is 66.5 Å². The van der Waals surface area contributed by atoms with Crippen molar-refractivity contribution in [3.05, 3.63) is 39.4 Å². The Bertz CT molecular complexity index is 605. The van der Waals surface area contributed by atoms with Crippen LogP contribution in [0.25, 0.3) is 6.08 Å². The van der Waals surface area contributed by atoms with Gasteiger partial charge in [0.25, 0.3) is 11.8 Å². The average molecular weight is 299 g/mol. The Morgan fingerprint density at radius 3 is 2.32 bits per heavy atom. The summed E-state index contributed by atoms with van der Waals surface area (Å²) in [5.74, 6) is -1.48. The van der Waals surface area contributed by atoms with E-state index in [2.05, 4.69) is 0 Å². The molecule has 0 spiro atoms. The van der Waals surface area contributed by atoms with Crippen LogP contribution in [0.15, 0.2) is 23.8 Å². The number of benzene rings is 1. The summed E-state index contributed by atoms with van der Waals surface area (Å²) < 4.78 is 0. The van der Waals surface area contributed by atoms with E-state index in [0.29, 0.717) is 15.6 Å². The molecular formula is C12H8Cl2N2O3. The molecule has 0 radical (unpaired) electrons. The molecule has 1 aliphatic rings. The lowest BCUT2D eigenvalue weighted by molar-refractivity contribution is -0.129. The van der Waals surface area contributed by atoms with Gasteiger partial charge in [-0.2, -0.15) is 0 Å². The summed E-state index contributed by atoms with van der Waals surface area (Å²) in [6.07, 6.45) is 1.27. The summed E-state index contributed by atoms with van der Waals surface area (Å²) >= 11 is 11.9. The normalized spacial score (nSPS) is 17.9. The molecule has 0 saturated carbocycles. The molecule has 0 aliphatic carbocycles. The number of urea groups is 1. The zero-order valence-corrected chi connectivity index (χ0v) is 11.2. The van der Waals surface area contributed by atoms with E-state index in [0.717, 1.165) is 4.90 Å². The maximum atomic E-state index is 11.9. The zero-order chi connectivity index (χ0) is 14.2. The van der Waals surface area contributed by atoms with Crippen molar-refractivity contribution in [2.45, 2.75) is 0 Å². The lowest BCUT2D eigenvalue weighted by atomic mass is 10.1. The van der Waals surface area contributed by atoms with Crippen LogP contribution in [0.4, 0.5) is 4.79 Å². The van der Waals surface area contributed by atoms with E-state index in [-0.39, 0.29) is 5.57 Å². The van der Waals surface area contributed by atoms with Crippen LogP contribution in [-0.4, -0.2) is 29.8 Å². The summed E-state index contributed by atoms with van der Waals surface area (Å²) in [6, 6.07) is 4.04. The minimum absolute atomic E-state index is 0.197. The van der Waals surface area contributed by atoms with Gasteiger partial charge in [0.15, 0.2) is 0 Å². The molecule has 0 bridgehead atoms. The number of likely N-dealkylation sites (N-methyl/N-ethyl adjacent to an activating group) is 1. The molecule has 5 nitrogen and oxygen atoms in total. The van der Waals surface area contributed by atoms with Crippen molar-refractivity contribution in [3.63, 3.8) is 0 Å². The van der Waals surface area contributed by atoms with Crippen LogP contribution in [0.1, 0.15) is 5.56 Å². The fourth-order valence-electron chi connectivity index (χ4n) is 1.54. The molecule has 0 aromatic heterocycles. The van der Waals surface area contributed by atoms with Gasteiger partial charge in [-0.05, 0) is 18.2 Å². The van der Waals surface area contributed by atoms with Crippen LogP contribution in [0, 0.1) is 0 Å². The number of carbonyl (C=O) groups is 3. The third-order valence-corrected chi connectivity index (χ3v) is 3.25. The first kappa shape index (κ1) is 13.6. The van der Waals surface area contributed by atoms with Crippen molar-refractivity contribution in [2.24, 2.45) is 0 Å². The molecule has 1 N–H and O–H groups in total. The van der Waals surface area contributed by atoms with E-state index in [1.54, 1.807) is 18.2 Å². The van der Waals surface area contributed by atoms with Crippen LogP contribution >= 0.6 is 23.2 Å². The number of rotatable bonds is 1. The molecule has 98 valence electrons. The standard InChI is InChI=1S/C12H8Cl2N2O3/c1-16-11(18)7(10(17)15-12(16)19)5-6-8(13)3-2-4-9(6)14/h2-5H,1H3,(H,15,17,19)/b7-5+. The Hall–Kier alpha value is -1.85. The minimum Gasteiger partial charge on any atom is -0.273 e. The Kier molecular flexibility index (Phi) is 3.59. The SMILES string of the molecule is CN1C(=O)NC(=O)/C(=C\c2c(Cl)cccc2Cl)C1=O. The number of nitrogens with zero attached hydrogens (tertiary/aromatic N) is 1. The van der Waals surface area contributed by atoms with Crippen molar-refractivity contribution in [3.8, 4) is 0 Å². The fraction of sp³-hybridized carbons (Fsp3) is 0.0833. The summed E-state index contributed by atoms with van der Waals surface area (Å²) in [6.45, 7) is 0. The second-order valence-corrected chi connectivity index (χ2v) is 4.63. The molecule has 1 aromatic rings. The number of amides is 4. The van der Waals surface area contributed by atoms with Crippen molar-refractivity contribution >= 4 is 47.1 Å². The van der Waals surface area contributed by atoms with E-state index in [1.807, 2.05) is 5.32 Å². The quantitative estimate of drug-likeness (QED) is 0.638. The molecule has 0 unspecified atom stereocenters. The minimum atomic E-state index is -0.774. The van der Waals surface area contributed by atoms with Gasteiger partial charge >= 0.3 is 6.03 Å². The second-order valence-electron chi connectivity index (χ2n) is 3.82. The van der Waals surface area contributed by atoms with Gasteiger partial charge in [-0.25, -0.2) is 4.79 Å². The van der Waals surface area contributed by atoms with E-state index < -0.39 is 17.8 Å². The van der Waals surface area contributed by atoms with Crippen molar-refractivity contribution in [1.29, 1.82) is 0 Å². The van der Waals surface area contributed by atoms with E-state index in [9.17, 15) is 14.4 Å². The predicted octanol–water partition coefficient (Wildman–Crippen LogP) is 2.08. The lowest BCUT2D eigenvalue weighted by Gasteiger charge is -2.22. The number of nitrogens with one attached hydrogen (secondary N) is 1. The van der Waals surface area contributed by atoms with Crippen molar-refractivity contribution in [2.75, 3.05) is 7.05 Å². The molecule has 2 rings (SSSR count). The highest BCUT2D eigenvalue weighted by Crippen LogP contribution is 2.27. The number of carbonyl (C=O) groups excluding carboxylic acids is 3. The third kappa shape index (κ3) is 2.47. The Balaban J connectivity index is 2.51.